The van der Waals surface area contributed by atoms with Crippen molar-refractivity contribution in [3.8, 4) is 0 Å². The summed E-state index contributed by atoms with van der Waals surface area (Å²) in [5.41, 5.74) is 5.44. The molecule has 18 heavy (non-hydrogen) atoms. The molecule has 1 aliphatic carbocycles. The van der Waals surface area contributed by atoms with Crippen LogP contribution in [0.1, 0.15) is 58.8 Å². The first-order valence-corrected chi connectivity index (χ1v) is 7.21. The van der Waals surface area contributed by atoms with E-state index in [4.69, 9.17) is 5.73 Å². The minimum absolute atomic E-state index is 0.0198. The molecule has 0 aromatic rings. The molecule has 0 radical (unpaired) electrons. The van der Waals surface area contributed by atoms with Crippen LogP contribution in [0.3, 0.4) is 0 Å². The molecule has 1 fully saturated rings. The molecule has 0 saturated heterocycles. The van der Waals surface area contributed by atoms with Crippen molar-refractivity contribution < 1.29 is 9.90 Å². The van der Waals surface area contributed by atoms with Crippen molar-refractivity contribution in [3.05, 3.63) is 0 Å². The molecule has 0 bridgehead atoms. The zero-order valence-corrected chi connectivity index (χ0v) is 11.7. The number of rotatable bonds is 6. The normalized spacial score (nSPS) is 29.9. The Bertz CT molecular complexity index is 261. The number of amides is 1. The van der Waals surface area contributed by atoms with Crippen LogP contribution in [0.4, 0.5) is 0 Å². The van der Waals surface area contributed by atoms with Gasteiger partial charge in [-0.2, -0.15) is 0 Å². The number of unbranched alkanes of at least 4 members (excludes halogenated alkanes) is 1. The van der Waals surface area contributed by atoms with E-state index in [0.717, 1.165) is 44.9 Å². The van der Waals surface area contributed by atoms with Gasteiger partial charge in [0.25, 0.3) is 0 Å². The zero-order valence-electron chi connectivity index (χ0n) is 11.7. The van der Waals surface area contributed by atoms with Crippen molar-refractivity contribution in [1.29, 1.82) is 0 Å². The first-order valence-electron chi connectivity index (χ1n) is 7.21. The molecule has 0 aliphatic heterocycles. The number of nitrogens with two attached hydrogens (primary N) is 1. The molecule has 1 saturated carbocycles. The predicted octanol–water partition coefficient (Wildman–Crippen LogP) is 1.56. The molecular weight excluding hydrogens is 228 g/mol. The highest BCUT2D eigenvalue weighted by atomic mass is 16.3. The zero-order chi connectivity index (χ0) is 13.6. The van der Waals surface area contributed by atoms with Gasteiger partial charge in [-0.15, -0.1) is 0 Å². The number of carbonyl (C=O) groups excluding carboxylic acids is 1. The van der Waals surface area contributed by atoms with Crippen molar-refractivity contribution in [2.75, 3.05) is 6.61 Å². The highest BCUT2D eigenvalue weighted by Gasteiger charge is 2.35. The van der Waals surface area contributed by atoms with E-state index in [1.54, 1.807) is 0 Å². The Labute approximate surface area is 110 Å². The van der Waals surface area contributed by atoms with E-state index in [-0.39, 0.29) is 12.5 Å². The molecule has 0 heterocycles. The second-order valence-corrected chi connectivity index (χ2v) is 5.86. The van der Waals surface area contributed by atoms with Crippen molar-refractivity contribution in [2.45, 2.75) is 70.4 Å². The summed E-state index contributed by atoms with van der Waals surface area (Å²) < 4.78 is 0. The number of carbonyl (C=O) groups is 1. The van der Waals surface area contributed by atoms with Gasteiger partial charge < -0.3 is 16.2 Å². The third-order valence-corrected chi connectivity index (χ3v) is 4.13. The molecule has 0 aromatic carbocycles. The van der Waals surface area contributed by atoms with Crippen molar-refractivity contribution in [2.24, 2.45) is 11.7 Å². The van der Waals surface area contributed by atoms with Crippen LogP contribution < -0.4 is 11.1 Å². The highest BCUT2D eigenvalue weighted by molar-refractivity contribution is 5.82. The van der Waals surface area contributed by atoms with Gasteiger partial charge in [0.05, 0.1) is 18.2 Å². The molecule has 4 heteroatoms. The van der Waals surface area contributed by atoms with Gasteiger partial charge in [0, 0.05) is 0 Å². The summed E-state index contributed by atoms with van der Waals surface area (Å²) in [7, 11) is 0. The fourth-order valence-corrected chi connectivity index (χ4v) is 2.55. The van der Waals surface area contributed by atoms with E-state index >= 15 is 0 Å². The maximum Gasteiger partial charge on any atom is 0.237 e. The maximum atomic E-state index is 12.0. The molecule has 1 amide bonds. The van der Waals surface area contributed by atoms with Crippen molar-refractivity contribution in [1.82, 2.24) is 5.32 Å². The molecule has 1 rings (SSSR count). The quantitative estimate of drug-likeness (QED) is 0.675. The topological polar surface area (TPSA) is 75.4 Å². The van der Waals surface area contributed by atoms with E-state index in [1.807, 2.05) is 0 Å². The van der Waals surface area contributed by atoms with Crippen LogP contribution in [0, 0.1) is 5.92 Å². The Kier molecular flexibility index (Phi) is 6.09. The molecule has 1 aliphatic rings. The highest BCUT2D eigenvalue weighted by Crippen LogP contribution is 2.31. The summed E-state index contributed by atoms with van der Waals surface area (Å²) in [5, 5.41) is 12.6. The minimum atomic E-state index is -0.437. The summed E-state index contributed by atoms with van der Waals surface area (Å²) in [6.07, 6.45) is 6.57. The number of hydrogen-bond acceptors (Lipinski definition) is 3. The van der Waals surface area contributed by atoms with Crippen molar-refractivity contribution >= 4 is 5.91 Å². The van der Waals surface area contributed by atoms with Crippen LogP contribution in [0.15, 0.2) is 0 Å². The number of nitrogens with one attached hydrogen (secondary N) is 1. The van der Waals surface area contributed by atoms with E-state index in [0.29, 0.717) is 5.92 Å². The Morgan fingerprint density at radius 2 is 2.11 bits per heavy atom. The van der Waals surface area contributed by atoms with Crippen LogP contribution in [0.25, 0.3) is 0 Å². The van der Waals surface area contributed by atoms with Crippen LogP contribution >= 0.6 is 0 Å². The third-order valence-electron chi connectivity index (χ3n) is 4.13. The molecule has 106 valence electrons. The average molecular weight is 256 g/mol. The number of hydrogen-bond donors (Lipinski definition) is 3. The smallest absolute Gasteiger partial charge is 0.237 e. The Hall–Kier alpha value is -0.610. The summed E-state index contributed by atoms with van der Waals surface area (Å²) >= 11 is 0. The average Bonchev–Trinajstić information content (AvgIpc) is 2.38. The minimum Gasteiger partial charge on any atom is -0.394 e. The molecule has 1 atom stereocenters. The second kappa shape index (κ2) is 7.10. The molecular formula is C14H28N2O2. The fraction of sp³-hybridized carbons (Fsp3) is 0.929. The van der Waals surface area contributed by atoms with E-state index in [2.05, 4.69) is 19.2 Å². The Morgan fingerprint density at radius 1 is 1.50 bits per heavy atom. The van der Waals surface area contributed by atoms with Crippen LogP contribution in [0.2, 0.25) is 0 Å². The Morgan fingerprint density at radius 3 is 2.61 bits per heavy atom. The largest absolute Gasteiger partial charge is 0.394 e. The summed E-state index contributed by atoms with van der Waals surface area (Å²) in [6, 6.07) is -0.437. The Balaban J connectivity index is 2.49. The van der Waals surface area contributed by atoms with Crippen LogP contribution in [-0.2, 0) is 4.79 Å². The van der Waals surface area contributed by atoms with Crippen molar-refractivity contribution in [3.63, 3.8) is 0 Å². The van der Waals surface area contributed by atoms with E-state index in [9.17, 15) is 9.90 Å². The molecule has 0 spiro atoms. The van der Waals surface area contributed by atoms with Crippen LogP contribution in [0.5, 0.6) is 0 Å². The summed E-state index contributed by atoms with van der Waals surface area (Å²) in [4.78, 5) is 12.0. The maximum absolute atomic E-state index is 12.0. The van der Waals surface area contributed by atoms with Gasteiger partial charge in [0.2, 0.25) is 5.91 Å². The molecule has 4 N–H and O–H groups in total. The lowest BCUT2D eigenvalue weighted by atomic mass is 9.77. The van der Waals surface area contributed by atoms with Gasteiger partial charge in [-0.25, -0.2) is 0 Å². The van der Waals surface area contributed by atoms with Gasteiger partial charge in [0.1, 0.15) is 0 Å². The van der Waals surface area contributed by atoms with Crippen LogP contribution in [-0.4, -0.2) is 29.2 Å². The number of aliphatic hydroxyl groups excluding tert-OH is 1. The summed E-state index contributed by atoms with van der Waals surface area (Å²) in [6.45, 7) is 4.32. The van der Waals surface area contributed by atoms with Gasteiger partial charge >= 0.3 is 0 Å². The fourth-order valence-electron chi connectivity index (χ4n) is 2.55. The summed E-state index contributed by atoms with van der Waals surface area (Å²) in [5.74, 6) is 0.586. The van der Waals surface area contributed by atoms with E-state index in [1.165, 1.54) is 0 Å². The molecule has 1 unspecified atom stereocenters. The monoisotopic (exact) mass is 256 g/mol. The lowest BCUT2D eigenvalue weighted by Gasteiger charge is -2.39. The lowest BCUT2D eigenvalue weighted by molar-refractivity contribution is -0.125. The van der Waals surface area contributed by atoms with Gasteiger partial charge in [-0.1, -0.05) is 26.7 Å². The first kappa shape index (κ1) is 15.4. The van der Waals surface area contributed by atoms with Gasteiger partial charge in [-0.3, -0.25) is 4.79 Å². The third kappa shape index (κ3) is 4.25. The van der Waals surface area contributed by atoms with Gasteiger partial charge in [0.15, 0.2) is 0 Å². The van der Waals surface area contributed by atoms with Gasteiger partial charge in [-0.05, 0) is 38.0 Å². The SMILES string of the molecule is CCCCC(N)C(=O)NC1(CO)CCC(C)CC1. The molecule has 0 aromatic heterocycles. The second-order valence-electron chi connectivity index (χ2n) is 5.86. The molecule has 4 nitrogen and oxygen atoms in total. The predicted molar refractivity (Wildman–Crippen MR) is 73.1 cm³/mol. The first-order chi connectivity index (χ1) is 8.53. The lowest BCUT2D eigenvalue weighted by Crippen LogP contribution is -2.57. The standard InChI is InChI=1S/C14H28N2O2/c1-3-4-5-12(15)13(18)16-14(10-17)8-6-11(2)7-9-14/h11-12,17H,3-10,15H2,1-2H3,(H,16,18). The number of aliphatic hydroxyl groups is 1. The van der Waals surface area contributed by atoms with E-state index < -0.39 is 11.6 Å².